The summed E-state index contributed by atoms with van der Waals surface area (Å²) in [6.45, 7) is 1.86. The Labute approximate surface area is 171 Å². The Morgan fingerprint density at radius 2 is 1.90 bits per heavy atom. The summed E-state index contributed by atoms with van der Waals surface area (Å²) in [7, 11) is 1.42. The van der Waals surface area contributed by atoms with Crippen molar-refractivity contribution in [3.63, 3.8) is 0 Å². The minimum atomic E-state index is -4.47. The van der Waals surface area contributed by atoms with Crippen LogP contribution in [-0.2, 0) is 12.8 Å². The number of nitrogens with zero attached hydrogens (tertiary/aromatic N) is 1. The molecule has 2 N–H and O–H groups in total. The fraction of sp³-hybridized carbons (Fsp3) is 0.238. The number of rotatable bonds is 6. The fourth-order valence-electron chi connectivity index (χ4n) is 3.03. The molecule has 0 unspecified atom stereocenters. The van der Waals surface area contributed by atoms with Gasteiger partial charge >= 0.3 is 12.2 Å². The van der Waals surface area contributed by atoms with Crippen molar-refractivity contribution in [3.8, 4) is 11.5 Å². The van der Waals surface area contributed by atoms with Gasteiger partial charge in [0.15, 0.2) is 17.3 Å². The van der Waals surface area contributed by atoms with Gasteiger partial charge in [-0.1, -0.05) is 24.3 Å². The first kappa shape index (κ1) is 21.2. The molecule has 1 fully saturated rings. The highest BCUT2D eigenvalue weighted by atomic mass is 19.4. The molecule has 0 aromatic heterocycles. The molecule has 0 spiro atoms. The lowest BCUT2D eigenvalue weighted by atomic mass is 10.1. The Balaban J connectivity index is 1.80. The Kier molecular flexibility index (Phi) is 6.00. The van der Waals surface area contributed by atoms with Gasteiger partial charge in [-0.3, -0.25) is 10.3 Å². The number of hydrogen-bond acceptors (Lipinski definition) is 4. The number of carbonyl (C=O) groups excluding carboxylic acids is 1. The van der Waals surface area contributed by atoms with Crippen molar-refractivity contribution in [2.45, 2.75) is 19.7 Å². The third-order valence-corrected chi connectivity index (χ3v) is 4.53. The Morgan fingerprint density at radius 1 is 1.17 bits per heavy atom. The van der Waals surface area contributed by atoms with E-state index in [0.717, 1.165) is 6.07 Å². The molecular weight excluding hydrogens is 399 g/mol. The summed E-state index contributed by atoms with van der Waals surface area (Å²) in [6, 6.07) is 9.69. The molecule has 0 radical (unpaired) electrons. The van der Waals surface area contributed by atoms with Gasteiger partial charge in [-0.2, -0.15) is 13.2 Å². The molecule has 2 amide bonds. The Hall–Kier alpha value is -3.49. The van der Waals surface area contributed by atoms with Crippen molar-refractivity contribution in [2.75, 3.05) is 13.7 Å². The molecule has 9 heteroatoms. The smallest absolute Gasteiger partial charge is 0.416 e. The number of likely N-dealkylation sites (N-methyl/N-ethyl adjacent to an activating group) is 1. The van der Waals surface area contributed by atoms with E-state index in [1.165, 1.54) is 30.2 Å². The lowest BCUT2D eigenvalue weighted by Crippen LogP contribution is -2.29. The number of methoxy groups -OCH3 is 1. The second-order valence-corrected chi connectivity index (χ2v) is 6.43. The average molecular weight is 419 g/mol. The zero-order chi connectivity index (χ0) is 21.9. The molecule has 3 rings (SSSR count). The summed E-state index contributed by atoms with van der Waals surface area (Å²) in [5.41, 5.74) is 0.242. The van der Waals surface area contributed by atoms with Crippen molar-refractivity contribution < 1.29 is 27.4 Å². The Morgan fingerprint density at radius 3 is 2.53 bits per heavy atom. The summed E-state index contributed by atoms with van der Waals surface area (Å²) in [5.74, 6) is 0.653. The van der Waals surface area contributed by atoms with E-state index in [9.17, 15) is 18.0 Å². The summed E-state index contributed by atoms with van der Waals surface area (Å²) in [4.78, 5) is 13.1. The third kappa shape index (κ3) is 4.40. The number of carbonyl (C=O) groups is 1. The maximum absolute atomic E-state index is 13.1. The second-order valence-electron chi connectivity index (χ2n) is 6.43. The van der Waals surface area contributed by atoms with Crippen LogP contribution < -0.4 is 14.8 Å². The van der Waals surface area contributed by atoms with Crippen LogP contribution in [0.15, 0.2) is 48.2 Å². The highest BCUT2D eigenvalue weighted by Crippen LogP contribution is 2.34. The largest absolute Gasteiger partial charge is 0.493 e. The lowest BCUT2D eigenvalue weighted by Gasteiger charge is -2.15. The predicted molar refractivity (Wildman–Crippen MR) is 105 cm³/mol. The van der Waals surface area contributed by atoms with E-state index in [1.54, 1.807) is 31.2 Å². The SMILES string of the molecule is CCN1C(=N)C(=Cc2ccc(OCc3ccccc3C(F)(F)F)c(OC)c2)NC1=O. The zero-order valence-electron chi connectivity index (χ0n) is 16.3. The van der Waals surface area contributed by atoms with Crippen LogP contribution in [0.3, 0.4) is 0 Å². The van der Waals surface area contributed by atoms with Crippen LogP contribution in [0.1, 0.15) is 23.6 Å². The van der Waals surface area contributed by atoms with Crippen molar-refractivity contribution in [3.05, 3.63) is 64.9 Å². The number of amides is 2. The minimum Gasteiger partial charge on any atom is -0.493 e. The summed E-state index contributed by atoms with van der Waals surface area (Å²) in [6.07, 6.45) is -2.86. The molecule has 0 saturated carbocycles. The molecule has 1 aliphatic heterocycles. The van der Waals surface area contributed by atoms with Crippen LogP contribution in [0, 0.1) is 5.41 Å². The van der Waals surface area contributed by atoms with Crippen molar-refractivity contribution >= 4 is 17.9 Å². The maximum atomic E-state index is 13.1. The first-order valence-corrected chi connectivity index (χ1v) is 9.09. The van der Waals surface area contributed by atoms with Crippen LogP contribution in [-0.4, -0.2) is 30.4 Å². The van der Waals surface area contributed by atoms with E-state index in [1.807, 2.05) is 0 Å². The molecule has 0 atom stereocenters. The van der Waals surface area contributed by atoms with E-state index in [0.29, 0.717) is 23.6 Å². The monoisotopic (exact) mass is 419 g/mol. The molecular formula is C21H20F3N3O3. The molecule has 0 aliphatic carbocycles. The van der Waals surface area contributed by atoms with Gasteiger partial charge in [0.2, 0.25) is 0 Å². The van der Waals surface area contributed by atoms with E-state index in [4.69, 9.17) is 14.9 Å². The first-order chi connectivity index (χ1) is 14.2. The highest BCUT2D eigenvalue weighted by Gasteiger charge is 2.33. The summed E-state index contributed by atoms with van der Waals surface area (Å²) >= 11 is 0. The number of ether oxygens (including phenoxy) is 2. The molecule has 1 aliphatic rings. The van der Waals surface area contributed by atoms with Crippen LogP contribution in [0.2, 0.25) is 0 Å². The molecule has 30 heavy (non-hydrogen) atoms. The van der Waals surface area contributed by atoms with Gasteiger partial charge in [-0.05, 0) is 36.8 Å². The van der Waals surface area contributed by atoms with E-state index >= 15 is 0 Å². The Bertz CT molecular complexity index is 1000. The van der Waals surface area contributed by atoms with Gasteiger partial charge in [-0.15, -0.1) is 0 Å². The number of benzene rings is 2. The average Bonchev–Trinajstić information content (AvgIpc) is 2.98. The van der Waals surface area contributed by atoms with Crippen LogP contribution in [0.25, 0.3) is 6.08 Å². The number of halogens is 3. The quantitative estimate of drug-likeness (QED) is 0.715. The van der Waals surface area contributed by atoms with Gasteiger partial charge < -0.3 is 14.8 Å². The highest BCUT2D eigenvalue weighted by molar-refractivity contribution is 6.15. The van der Waals surface area contributed by atoms with Gasteiger partial charge in [0.25, 0.3) is 0 Å². The van der Waals surface area contributed by atoms with Gasteiger partial charge in [0.1, 0.15) is 6.61 Å². The van der Waals surface area contributed by atoms with E-state index in [2.05, 4.69) is 5.32 Å². The second kappa shape index (κ2) is 8.48. The lowest BCUT2D eigenvalue weighted by molar-refractivity contribution is -0.138. The summed E-state index contributed by atoms with van der Waals surface area (Å²) < 4.78 is 50.3. The number of urea groups is 1. The topological polar surface area (TPSA) is 74.7 Å². The standard InChI is InChI=1S/C21H20F3N3O3/c1-3-27-19(25)16(26-20(27)28)10-13-8-9-17(18(11-13)29-2)30-12-14-6-4-5-7-15(14)21(22,23)24/h4-11,25H,3,12H2,1-2H3,(H,26,28). The van der Waals surface area contributed by atoms with Crippen molar-refractivity contribution in [2.24, 2.45) is 0 Å². The molecule has 1 saturated heterocycles. The van der Waals surface area contributed by atoms with Crippen molar-refractivity contribution in [1.29, 1.82) is 5.41 Å². The normalized spacial score (nSPS) is 15.5. The number of nitrogens with one attached hydrogen (secondary N) is 2. The van der Waals surface area contributed by atoms with E-state index < -0.39 is 11.7 Å². The third-order valence-electron chi connectivity index (χ3n) is 4.53. The van der Waals surface area contributed by atoms with Gasteiger partial charge in [0, 0.05) is 12.1 Å². The minimum absolute atomic E-state index is 0.0139. The zero-order valence-corrected chi connectivity index (χ0v) is 16.3. The van der Waals surface area contributed by atoms with E-state index in [-0.39, 0.29) is 29.8 Å². The van der Waals surface area contributed by atoms with Crippen molar-refractivity contribution in [1.82, 2.24) is 10.2 Å². The van der Waals surface area contributed by atoms with Gasteiger partial charge in [-0.25, -0.2) is 4.79 Å². The van der Waals surface area contributed by atoms with Gasteiger partial charge in [0.05, 0.1) is 18.4 Å². The summed E-state index contributed by atoms with van der Waals surface area (Å²) in [5, 5.41) is 10.7. The number of alkyl halides is 3. The molecule has 2 aromatic rings. The first-order valence-electron chi connectivity index (χ1n) is 9.09. The fourth-order valence-corrected chi connectivity index (χ4v) is 3.03. The van der Waals surface area contributed by atoms with Crippen LogP contribution >= 0.6 is 0 Å². The predicted octanol–water partition coefficient (Wildman–Crippen LogP) is 4.66. The number of amidine groups is 1. The molecule has 1 heterocycles. The maximum Gasteiger partial charge on any atom is 0.416 e. The van der Waals surface area contributed by atoms with Crippen LogP contribution in [0.5, 0.6) is 11.5 Å². The van der Waals surface area contributed by atoms with Crippen LogP contribution in [0.4, 0.5) is 18.0 Å². The molecule has 0 bridgehead atoms. The molecule has 158 valence electrons. The molecule has 6 nitrogen and oxygen atoms in total. The molecule has 2 aromatic carbocycles. The number of hydrogen-bond donors (Lipinski definition) is 2.